The molecular formula is C20H28N6O2. The Labute approximate surface area is 165 Å². The standard InChI is InChI=1S/C20H28N6O2/c1-3-4-9-26-19(27)6-5-17(23-26)20(28)22-15-16-7-8-21-18(14-16)25-12-10-24(2)11-13-25/h5-8,14H,3-4,9-13,15H2,1-2H3,(H,22,28). The minimum atomic E-state index is -0.289. The van der Waals surface area contributed by atoms with Gasteiger partial charge in [0.25, 0.3) is 11.5 Å². The summed E-state index contributed by atoms with van der Waals surface area (Å²) in [6.07, 6.45) is 3.59. The molecule has 0 bridgehead atoms. The van der Waals surface area contributed by atoms with Gasteiger partial charge in [-0.2, -0.15) is 5.10 Å². The number of anilines is 1. The van der Waals surface area contributed by atoms with Crippen LogP contribution in [0.25, 0.3) is 0 Å². The number of rotatable bonds is 7. The first-order chi connectivity index (χ1) is 13.6. The molecule has 1 amide bonds. The average Bonchev–Trinajstić information content (AvgIpc) is 2.72. The van der Waals surface area contributed by atoms with Crippen LogP contribution in [-0.2, 0) is 13.1 Å². The van der Waals surface area contributed by atoms with Crippen LogP contribution < -0.4 is 15.8 Å². The second-order valence-electron chi connectivity index (χ2n) is 7.13. The Morgan fingerprint density at radius 2 is 1.96 bits per heavy atom. The van der Waals surface area contributed by atoms with Crippen molar-refractivity contribution in [3.63, 3.8) is 0 Å². The number of likely N-dealkylation sites (N-methyl/N-ethyl adjacent to an activating group) is 1. The van der Waals surface area contributed by atoms with Gasteiger partial charge in [-0.15, -0.1) is 0 Å². The molecule has 1 N–H and O–H groups in total. The van der Waals surface area contributed by atoms with Gasteiger partial charge in [-0.1, -0.05) is 13.3 Å². The van der Waals surface area contributed by atoms with Crippen molar-refractivity contribution in [2.24, 2.45) is 0 Å². The molecule has 0 atom stereocenters. The van der Waals surface area contributed by atoms with Crippen molar-refractivity contribution in [3.8, 4) is 0 Å². The fraction of sp³-hybridized carbons (Fsp3) is 0.500. The highest BCUT2D eigenvalue weighted by Gasteiger charge is 2.16. The largest absolute Gasteiger partial charge is 0.354 e. The fourth-order valence-corrected chi connectivity index (χ4v) is 3.09. The van der Waals surface area contributed by atoms with Gasteiger partial charge in [0.2, 0.25) is 0 Å². The third-order valence-corrected chi connectivity index (χ3v) is 4.91. The van der Waals surface area contributed by atoms with Gasteiger partial charge in [0, 0.05) is 51.5 Å². The van der Waals surface area contributed by atoms with Crippen molar-refractivity contribution in [1.82, 2.24) is 25.0 Å². The van der Waals surface area contributed by atoms with Crippen LogP contribution in [-0.4, -0.2) is 58.8 Å². The summed E-state index contributed by atoms with van der Waals surface area (Å²) in [5, 5.41) is 7.07. The van der Waals surface area contributed by atoms with Gasteiger partial charge >= 0.3 is 0 Å². The van der Waals surface area contributed by atoms with E-state index in [1.165, 1.54) is 16.8 Å². The van der Waals surface area contributed by atoms with Gasteiger partial charge in [-0.3, -0.25) is 9.59 Å². The molecule has 0 aromatic carbocycles. The van der Waals surface area contributed by atoms with Crippen LogP contribution in [0.1, 0.15) is 35.8 Å². The van der Waals surface area contributed by atoms with Gasteiger partial charge in [0.15, 0.2) is 0 Å². The summed E-state index contributed by atoms with van der Waals surface area (Å²) in [5.41, 5.74) is 1.05. The summed E-state index contributed by atoms with van der Waals surface area (Å²) < 4.78 is 1.36. The number of carbonyl (C=O) groups is 1. The molecule has 0 saturated carbocycles. The summed E-state index contributed by atoms with van der Waals surface area (Å²) in [6.45, 7) is 6.88. The van der Waals surface area contributed by atoms with Crippen molar-refractivity contribution in [2.45, 2.75) is 32.9 Å². The minimum Gasteiger partial charge on any atom is -0.354 e. The zero-order valence-corrected chi connectivity index (χ0v) is 16.6. The molecule has 1 fully saturated rings. The molecule has 0 aliphatic carbocycles. The minimum absolute atomic E-state index is 0.184. The number of nitrogens with one attached hydrogen (secondary N) is 1. The van der Waals surface area contributed by atoms with Gasteiger partial charge in [0.1, 0.15) is 11.5 Å². The second-order valence-corrected chi connectivity index (χ2v) is 7.13. The Hall–Kier alpha value is -2.74. The molecule has 1 aliphatic heterocycles. The molecule has 1 aliphatic rings. The van der Waals surface area contributed by atoms with E-state index in [9.17, 15) is 9.59 Å². The second kappa shape index (κ2) is 9.45. The molecule has 0 unspecified atom stereocenters. The molecule has 0 spiro atoms. The van der Waals surface area contributed by atoms with Gasteiger partial charge in [-0.05, 0) is 37.2 Å². The first kappa shape index (κ1) is 20.0. The highest BCUT2D eigenvalue weighted by molar-refractivity contribution is 5.91. The third-order valence-electron chi connectivity index (χ3n) is 4.91. The molecule has 2 aromatic heterocycles. The fourth-order valence-electron chi connectivity index (χ4n) is 3.09. The van der Waals surface area contributed by atoms with Crippen LogP contribution in [0.2, 0.25) is 0 Å². The number of amides is 1. The van der Waals surface area contributed by atoms with Crippen LogP contribution >= 0.6 is 0 Å². The lowest BCUT2D eigenvalue weighted by Crippen LogP contribution is -2.44. The number of hydrogen-bond acceptors (Lipinski definition) is 6. The normalized spacial score (nSPS) is 14.9. The highest BCUT2D eigenvalue weighted by atomic mass is 16.2. The average molecular weight is 384 g/mol. The maximum Gasteiger partial charge on any atom is 0.271 e. The summed E-state index contributed by atoms with van der Waals surface area (Å²) >= 11 is 0. The number of aryl methyl sites for hydroxylation is 1. The summed E-state index contributed by atoms with van der Waals surface area (Å²) in [4.78, 5) is 33.3. The van der Waals surface area contributed by atoms with E-state index in [1.54, 1.807) is 6.20 Å². The zero-order valence-electron chi connectivity index (χ0n) is 16.6. The molecule has 8 nitrogen and oxygen atoms in total. The van der Waals surface area contributed by atoms with Crippen molar-refractivity contribution < 1.29 is 4.79 Å². The Bertz CT molecular complexity index is 858. The van der Waals surface area contributed by atoms with Crippen molar-refractivity contribution in [3.05, 3.63) is 52.1 Å². The van der Waals surface area contributed by atoms with Crippen LogP contribution in [0.5, 0.6) is 0 Å². The van der Waals surface area contributed by atoms with Gasteiger partial charge < -0.3 is 15.1 Å². The Morgan fingerprint density at radius 3 is 2.71 bits per heavy atom. The number of piperazine rings is 1. The number of unbranched alkanes of at least 4 members (excludes halogenated alkanes) is 1. The smallest absolute Gasteiger partial charge is 0.271 e. The number of nitrogens with zero attached hydrogens (tertiary/aromatic N) is 5. The van der Waals surface area contributed by atoms with Crippen LogP contribution in [0.4, 0.5) is 5.82 Å². The summed E-state index contributed by atoms with van der Waals surface area (Å²) in [6, 6.07) is 6.79. The zero-order chi connectivity index (χ0) is 19.9. The molecule has 150 valence electrons. The molecule has 28 heavy (non-hydrogen) atoms. The van der Waals surface area contributed by atoms with Crippen LogP contribution in [0, 0.1) is 0 Å². The van der Waals surface area contributed by atoms with E-state index in [0.29, 0.717) is 13.1 Å². The molecular weight excluding hydrogens is 356 g/mol. The predicted molar refractivity (Wildman–Crippen MR) is 109 cm³/mol. The van der Waals surface area contributed by atoms with E-state index in [4.69, 9.17) is 0 Å². The predicted octanol–water partition coefficient (Wildman–Crippen LogP) is 1.12. The van der Waals surface area contributed by atoms with Crippen LogP contribution in [0.15, 0.2) is 35.3 Å². The molecule has 1 saturated heterocycles. The third kappa shape index (κ3) is 5.16. The van der Waals surface area contributed by atoms with E-state index in [-0.39, 0.29) is 17.2 Å². The maximum atomic E-state index is 12.5. The monoisotopic (exact) mass is 384 g/mol. The van der Waals surface area contributed by atoms with Gasteiger partial charge in [-0.25, -0.2) is 9.67 Å². The lowest BCUT2D eigenvalue weighted by atomic mass is 10.2. The number of aromatic nitrogens is 3. The molecule has 0 radical (unpaired) electrons. The van der Waals surface area contributed by atoms with Crippen molar-refractivity contribution in [2.75, 3.05) is 38.1 Å². The molecule has 3 heterocycles. The number of carbonyl (C=O) groups excluding carboxylic acids is 1. The number of pyridine rings is 1. The lowest BCUT2D eigenvalue weighted by Gasteiger charge is -2.33. The topological polar surface area (TPSA) is 83.4 Å². The first-order valence-corrected chi connectivity index (χ1v) is 9.81. The van der Waals surface area contributed by atoms with E-state index >= 15 is 0 Å². The first-order valence-electron chi connectivity index (χ1n) is 9.81. The Kier molecular flexibility index (Phi) is 6.76. The molecule has 2 aromatic rings. The van der Waals surface area contributed by atoms with E-state index in [0.717, 1.165) is 50.4 Å². The lowest BCUT2D eigenvalue weighted by molar-refractivity contribution is 0.0943. The number of hydrogen-bond donors (Lipinski definition) is 1. The van der Waals surface area contributed by atoms with Crippen molar-refractivity contribution >= 4 is 11.7 Å². The van der Waals surface area contributed by atoms with Crippen molar-refractivity contribution in [1.29, 1.82) is 0 Å². The molecule has 3 rings (SSSR count). The summed E-state index contributed by atoms with van der Waals surface area (Å²) in [7, 11) is 2.12. The quantitative estimate of drug-likeness (QED) is 0.770. The Balaban J connectivity index is 1.62. The van der Waals surface area contributed by atoms with Gasteiger partial charge in [0.05, 0.1) is 0 Å². The Morgan fingerprint density at radius 1 is 1.18 bits per heavy atom. The van der Waals surface area contributed by atoms with E-state index in [1.807, 2.05) is 19.1 Å². The van der Waals surface area contributed by atoms with E-state index in [2.05, 4.69) is 32.2 Å². The van der Waals surface area contributed by atoms with Crippen LogP contribution in [0.3, 0.4) is 0 Å². The molecule has 8 heteroatoms. The highest BCUT2D eigenvalue weighted by Crippen LogP contribution is 2.14. The summed E-state index contributed by atoms with van der Waals surface area (Å²) in [5.74, 6) is 0.647. The SMILES string of the molecule is CCCCn1nc(C(=O)NCc2ccnc(N3CCN(C)CC3)c2)ccc1=O. The van der Waals surface area contributed by atoms with E-state index < -0.39 is 0 Å². The maximum absolute atomic E-state index is 12.5.